The molecule has 0 saturated carbocycles. The lowest BCUT2D eigenvalue weighted by molar-refractivity contribution is 0.303. The van der Waals surface area contributed by atoms with Gasteiger partial charge in [-0.05, 0) is 43.6 Å². The zero-order valence-corrected chi connectivity index (χ0v) is 11.5. The molecular formula is C14H19ClN2. The normalized spacial score (nSPS) is 10.9. The van der Waals surface area contributed by atoms with Gasteiger partial charge in [-0.3, -0.25) is 0 Å². The van der Waals surface area contributed by atoms with Crippen LogP contribution in [0.2, 0.25) is 5.02 Å². The molecule has 0 spiro atoms. The van der Waals surface area contributed by atoms with Crippen LogP contribution < -0.4 is 0 Å². The third-order valence-corrected chi connectivity index (χ3v) is 3.06. The van der Waals surface area contributed by atoms with Gasteiger partial charge in [0, 0.05) is 11.6 Å². The van der Waals surface area contributed by atoms with Crippen LogP contribution in [0.3, 0.4) is 0 Å². The van der Waals surface area contributed by atoms with Gasteiger partial charge in [0.15, 0.2) is 0 Å². The highest BCUT2D eigenvalue weighted by molar-refractivity contribution is 6.31. The molecule has 17 heavy (non-hydrogen) atoms. The molecule has 0 N–H and O–H groups in total. The van der Waals surface area contributed by atoms with Gasteiger partial charge in [-0.25, -0.2) is 0 Å². The summed E-state index contributed by atoms with van der Waals surface area (Å²) in [6.45, 7) is 6.34. The van der Waals surface area contributed by atoms with E-state index in [1.807, 2.05) is 12.1 Å². The number of rotatable bonds is 5. The van der Waals surface area contributed by atoms with Crippen molar-refractivity contribution < 1.29 is 0 Å². The average Bonchev–Trinajstić information content (AvgIpc) is 2.29. The predicted octanol–water partition coefficient (Wildman–Crippen LogP) is 3.69. The summed E-state index contributed by atoms with van der Waals surface area (Å²) in [6, 6.07) is 7.57. The Labute approximate surface area is 109 Å². The van der Waals surface area contributed by atoms with Crippen LogP contribution in [0.15, 0.2) is 18.2 Å². The lowest BCUT2D eigenvalue weighted by Crippen LogP contribution is -2.20. The fraction of sp³-hybridized carbons (Fsp3) is 0.500. The van der Waals surface area contributed by atoms with Crippen molar-refractivity contribution in [2.45, 2.75) is 26.8 Å². The summed E-state index contributed by atoms with van der Waals surface area (Å²) in [7, 11) is 2.09. The maximum Gasteiger partial charge on any atom is 0.0992 e. The van der Waals surface area contributed by atoms with Gasteiger partial charge < -0.3 is 4.90 Å². The van der Waals surface area contributed by atoms with Gasteiger partial charge >= 0.3 is 0 Å². The number of nitrogens with zero attached hydrogens (tertiary/aromatic N) is 2. The first-order valence-electron chi connectivity index (χ1n) is 5.90. The van der Waals surface area contributed by atoms with Crippen molar-refractivity contribution in [3.63, 3.8) is 0 Å². The summed E-state index contributed by atoms with van der Waals surface area (Å²) in [5.41, 5.74) is 1.69. The Bertz CT molecular complexity index is 407. The largest absolute Gasteiger partial charge is 0.302 e. The lowest BCUT2D eigenvalue weighted by Gasteiger charge is -2.18. The minimum absolute atomic E-state index is 0.614. The van der Waals surface area contributed by atoms with E-state index in [1.165, 1.54) is 6.42 Å². The summed E-state index contributed by atoms with van der Waals surface area (Å²) in [6.07, 6.45) is 1.18. The number of hydrogen-bond donors (Lipinski definition) is 0. The van der Waals surface area contributed by atoms with E-state index in [0.717, 1.165) is 18.7 Å². The Hall–Kier alpha value is -1.04. The zero-order valence-electron chi connectivity index (χ0n) is 10.7. The SMILES string of the molecule is CC(C)CCN(C)Cc1ccc(C#N)cc1Cl. The Kier molecular flexibility index (Phi) is 5.47. The van der Waals surface area contributed by atoms with Crippen LogP contribution in [0.25, 0.3) is 0 Å². The number of benzene rings is 1. The van der Waals surface area contributed by atoms with Crippen LogP contribution in [0.1, 0.15) is 31.4 Å². The second-order valence-electron chi connectivity index (χ2n) is 4.84. The molecule has 3 heteroatoms. The number of halogens is 1. The Morgan fingerprint density at radius 1 is 1.41 bits per heavy atom. The molecule has 0 unspecified atom stereocenters. The van der Waals surface area contributed by atoms with Gasteiger partial charge in [-0.1, -0.05) is 31.5 Å². The molecule has 0 saturated heterocycles. The van der Waals surface area contributed by atoms with Crippen LogP contribution in [0.4, 0.5) is 0 Å². The van der Waals surface area contributed by atoms with Crippen molar-refractivity contribution >= 4 is 11.6 Å². The van der Waals surface area contributed by atoms with Crippen LogP contribution >= 0.6 is 11.6 Å². The maximum absolute atomic E-state index is 8.76. The number of hydrogen-bond acceptors (Lipinski definition) is 2. The monoisotopic (exact) mass is 250 g/mol. The summed E-state index contributed by atoms with van der Waals surface area (Å²) < 4.78 is 0. The van der Waals surface area contributed by atoms with Crippen LogP contribution in [0.5, 0.6) is 0 Å². The zero-order chi connectivity index (χ0) is 12.8. The highest BCUT2D eigenvalue weighted by atomic mass is 35.5. The molecule has 0 aliphatic carbocycles. The van der Waals surface area contributed by atoms with Crippen LogP contribution in [0, 0.1) is 17.2 Å². The maximum atomic E-state index is 8.76. The van der Waals surface area contributed by atoms with E-state index in [1.54, 1.807) is 6.07 Å². The fourth-order valence-corrected chi connectivity index (χ4v) is 1.83. The molecule has 0 aliphatic rings. The minimum atomic E-state index is 0.614. The smallest absolute Gasteiger partial charge is 0.0992 e. The van der Waals surface area contributed by atoms with Crippen molar-refractivity contribution in [3.8, 4) is 6.07 Å². The second kappa shape index (κ2) is 6.64. The summed E-state index contributed by atoms with van der Waals surface area (Å²) in [5.74, 6) is 0.717. The Morgan fingerprint density at radius 2 is 2.12 bits per heavy atom. The third-order valence-electron chi connectivity index (χ3n) is 2.71. The molecule has 2 nitrogen and oxygen atoms in total. The summed E-state index contributed by atoms with van der Waals surface area (Å²) in [4.78, 5) is 2.26. The van der Waals surface area contributed by atoms with Gasteiger partial charge in [-0.2, -0.15) is 5.26 Å². The molecule has 1 aromatic carbocycles. The van der Waals surface area contributed by atoms with Gasteiger partial charge in [-0.15, -0.1) is 0 Å². The minimum Gasteiger partial charge on any atom is -0.302 e. The molecule has 0 heterocycles. The molecule has 0 fully saturated rings. The van der Waals surface area contributed by atoms with E-state index in [9.17, 15) is 0 Å². The van der Waals surface area contributed by atoms with Crippen molar-refractivity contribution in [3.05, 3.63) is 34.3 Å². The first-order chi connectivity index (χ1) is 8.02. The van der Waals surface area contributed by atoms with E-state index in [-0.39, 0.29) is 0 Å². The van der Waals surface area contributed by atoms with Crippen molar-refractivity contribution in [2.24, 2.45) is 5.92 Å². The third kappa shape index (κ3) is 4.77. The first kappa shape index (κ1) is 14.0. The molecule has 92 valence electrons. The lowest BCUT2D eigenvalue weighted by atomic mass is 10.1. The van der Waals surface area contributed by atoms with E-state index in [4.69, 9.17) is 16.9 Å². The molecule has 0 bridgehead atoms. The molecule has 0 atom stereocenters. The predicted molar refractivity (Wildman–Crippen MR) is 72.0 cm³/mol. The second-order valence-corrected chi connectivity index (χ2v) is 5.25. The quantitative estimate of drug-likeness (QED) is 0.797. The molecule has 1 aromatic rings. The molecule has 0 aromatic heterocycles. The van der Waals surface area contributed by atoms with Gasteiger partial charge in [0.05, 0.1) is 11.6 Å². The number of nitriles is 1. The van der Waals surface area contributed by atoms with E-state index in [2.05, 4.69) is 31.9 Å². The van der Waals surface area contributed by atoms with Crippen molar-refractivity contribution in [1.82, 2.24) is 4.90 Å². The van der Waals surface area contributed by atoms with Crippen molar-refractivity contribution in [1.29, 1.82) is 5.26 Å². The molecular weight excluding hydrogens is 232 g/mol. The Morgan fingerprint density at radius 3 is 2.65 bits per heavy atom. The molecule has 0 aliphatic heterocycles. The van der Waals surface area contributed by atoms with Crippen molar-refractivity contribution in [2.75, 3.05) is 13.6 Å². The average molecular weight is 251 g/mol. The van der Waals surface area contributed by atoms with E-state index < -0.39 is 0 Å². The Balaban J connectivity index is 2.60. The topological polar surface area (TPSA) is 27.0 Å². The van der Waals surface area contributed by atoms with E-state index in [0.29, 0.717) is 16.5 Å². The van der Waals surface area contributed by atoms with Crippen LogP contribution in [-0.2, 0) is 6.54 Å². The molecule has 1 rings (SSSR count). The summed E-state index contributed by atoms with van der Waals surface area (Å²) in [5, 5.41) is 9.44. The van der Waals surface area contributed by atoms with Crippen LogP contribution in [-0.4, -0.2) is 18.5 Å². The highest BCUT2D eigenvalue weighted by Gasteiger charge is 2.06. The summed E-state index contributed by atoms with van der Waals surface area (Å²) >= 11 is 6.14. The first-order valence-corrected chi connectivity index (χ1v) is 6.27. The highest BCUT2D eigenvalue weighted by Crippen LogP contribution is 2.19. The fourth-order valence-electron chi connectivity index (χ4n) is 1.59. The van der Waals surface area contributed by atoms with Gasteiger partial charge in [0.25, 0.3) is 0 Å². The molecule has 0 radical (unpaired) electrons. The van der Waals surface area contributed by atoms with Gasteiger partial charge in [0.1, 0.15) is 0 Å². The van der Waals surface area contributed by atoms with E-state index >= 15 is 0 Å². The standard InChI is InChI=1S/C14H19ClN2/c1-11(2)6-7-17(3)10-13-5-4-12(9-16)8-14(13)15/h4-5,8,11H,6-7,10H2,1-3H3. The van der Waals surface area contributed by atoms with Gasteiger partial charge in [0.2, 0.25) is 0 Å². The molecule has 0 amide bonds.